The summed E-state index contributed by atoms with van der Waals surface area (Å²) in [6.45, 7) is 4.26. The minimum Gasteiger partial charge on any atom is -0.372 e. The Morgan fingerprint density at radius 3 is 2.39 bits per heavy atom. The molecule has 1 aliphatic rings. The van der Waals surface area contributed by atoms with Crippen molar-refractivity contribution < 1.29 is 14.5 Å². The van der Waals surface area contributed by atoms with Crippen LogP contribution >= 0.6 is 0 Å². The van der Waals surface area contributed by atoms with E-state index in [0.29, 0.717) is 17.8 Å². The first-order valence-electron chi connectivity index (χ1n) is 10.6. The molecule has 1 aliphatic heterocycles. The Hall–Kier alpha value is -3.42. The van der Waals surface area contributed by atoms with Gasteiger partial charge in [0.2, 0.25) is 0 Å². The van der Waals surface area contributed by atoms with Crippen molar-refractivity contribution in [3.05, 3.63) is 63.7 Å². The summed E-state index contributed by atoms with van der Waals surface area (Å²) in [7, 11) is 0. The van der Waals surface area contributed by atoms with Crippen LogP contribution < -0.4 is 15.5 Å². The zero-order valence-electron chi connectivity index (χ0n) is 17.7. The number of piperidine rings is 1. The van der Waals surface area contributed by atoms with Crippen LogP contribution in [0.2, 0.25) is 0 Å². The summed E-state index contributed by atoms with van der Waals surface area (Å²) in [5, 5.41) is 15.9. The number of nitrogens with zero attached hydrogens (tertiary/aromatic N) is 2. The molecular formula is C23H28N4O4. The summed E-state index contributed by atoms with van der Waals surface area (Å²) >= 11 is 0. The molecule has 1 heterocycles. The van der Waals surface area contributed by atoms with E-state index in [4.69, 9.17) is 0 Å². The Balaban J connectivity index is 1.40. The fourth-order valence-electron chi connectivity index (χ4n) is 3.68. The molecule has 8 nitrogen and oxygen atoms in total. The SMILES string of the molecule is Cc1cc([N+](=O)[O-])ccc1NC(=O)C(=O)NCCCc1ccc(N2CCCCC2)cc1. The lowest BCUT2D eigenvalue weighted by molar-refractivity contribution is -0.384. The maximum atomic E-state index is 12.1. The maximum absolute atomic E-state index is 12.1. The Morgan fingerprint density at radius 2 is 1.74 bits per heavy atom. The molecule has 2 amide bonds. The number of carbonyl (C=O) groups is 2. The molecule has 2 N–H and O–H groups in total. The number of aryl methyl sites for hydroxylation is 2. The van der Waals surface area contributed by atoms with E-state index >= 15 is 0 Å². The van der Waals surface area contributed by atoms with Gasteiger partial charge in [0.25, 0.3) is 5.69 Å². The third kappa shape index (κ3) is 6.28. The van der Waals surface area contributed by atoms with Gasteiger partial charge in [0, 0.05) is 43.1 Å². The van der Waals surface area contributed by atoms with Crippen LogP contribution in [-0.2, 0) is 16.0 Å². The lowest BCUT2D eigenvalue weighted by Gasteiger charge is -2.28. The monoisotopic (exact) mass is 424 g/mol. The van der Waals surface area contributed by atoms with Crippen LogP contribution in [0.4, 0.5) is 17.1 Å². The van der Waals surface area contributed by atoms with Crippen LogP contribution in [0.5, 0.6) is 0 Å². The van der Waals surface area contributed by atoms with Gasteiger partial charge in [-0.05, 0) is 68.4 Å². The highest BCUT2D eigenvalue weighted by Gasteiger charge is 2.16. The molecule has 0 saturated carbocycles. The molecule has 31 heavy (non-hydrogen) atoms. The summed E-state index contributed by atoms with van der Waals surface area (Å²) in [4.78, 5) is 36.8. The van der Waals surface area contributed by atoms with E-state index in [1.807, 2.05) is 0 Å². The number of carbonyl (C=O) groups excluding carboxylic acids is 2. The molecule has 0 radical (unpaired) electrons. The molecule has 1 fully saturated rings. The molecule has 3 rings (SSSR count). The molecule has 0 aliphatic carbocycles. The van der Waals surface area contributed by atoms with Gasteiger partial charge in [-0.3, -0.25) is 19.7 Å². The first-order chi connectivity index (χ1) is 14.9. The van der Waals surface area contributed by atoms with Crippen LogP contribution in [-0.4, -0.2) is 36.4 Å². The highest BCUT2D eigenvalue weighted by Crippen LogP contribution is 2.22. The second-order valence-electron chi connectivity index (χ2n) is 7.78. The lowest BCUT2D eigenvalue weighted by atomic mass is 10.1. The number of anilines is 2. The second kappa shape index (κ2) is 10.6. The number of hydrogen-bond acceptors (Lipinski definition) is 5. The molecular weight excluding hydrogens is 396 g/mol. The van der Waals surface area contributed by atoms with E-state index in [1.165, 1.54) is 48.7 Å². The predicted octanol–water partition coefficient (Wildman–Crippen LogP) is 3.58. The molecule has 0 atom stereocenters. The van der Waals surface area contributed by atoms with E-state index in [2.05, 4.69) is 39.8 Å². The number of nitrogens with one attached hydrogen (secondary N) is 2. The summed E-state index contributed by atoms with van der Waals surface area (Å²) in [6, 6.07) is 12.6. The topological polar surface area (TPSA) is 105 Å². The molecule has 164 valence electrons. The molecule has 0 aromatic heterocycles. The molecule has 2 aromatic carbocycles. The third-order valence-corrected chi connectivity index (χ3v) is 5.46. The highest BCUT2D eigenvalue weighted by atomic mass is 16.6. The Morgan fingerprint density at radius 1 is 1.03 bits per heavy atom. The predicted molar refractivity (Wildman–Crippen MR) is 120 cm³/mol. The van der Waals surface area contributed by atoms with Gasteiger partial charge in [0.05, 0.1) is 4.92 Å². The molecule has 8 heteroatoms. The van der Waals surface area contributed by atoms with E-state index in [1.54, 1.807) is 6.92 Å². The van der Waals surface area contributed by atoms with E-state index in [-0.39, 0.29) is 5.69 Å². The Labute approximate surface area is 181 Å². The maximum Gasteiger partial charge on any atom is 0.313 e. The van der Waals surface area contributed by atoms with Crippen molar-refractivity contribution in [3.8, 4) is 0 Å². The van der Waals surface area contributed by atoms with Gasteiger partial charge >= 0.3 is 11.8 Å². The summed E-state index contributed by atoms with van der Waals surface area (Å²) in [6.07, 6.45) is 5.34. The van der Waals surface area contributed by atoms with Gasteiger partial charge in [-0.15, -0.1) is 0 Å². The van der Waals surface area contributed by atoms with Crippen molar-refractivity contribution in [2.24, 2.45) is 0 Å². The van der Waals surface area contributed by atoms with Crippen LogP contribution in [0.1, 0.15) is 36.8 Å². The highest BCUT2D eigenvalue weighted by molar-refractivity contribution is 6.39. The lowest BCUT2D eigenvalue weighted by Crippen LogP contribution is -2.36. The van der Waals surface area contributed by atoms with Crippen LogP contribution in [0.15, 0.2) is 42.5 Å². The number of nitro groups is 1. The van der Waals surface area contributed by atoms with Crippen molar-refractivity contribution in [2.75, 3.05) is 29.9 Å². The van der Waals surface area contributed by atoms with Crippen molar-refractivity contribution in [3.63, 3.8) is 0 Å². The van der Waals surface area contributed by atoms with Crippen molar-refractivity contribution in [1.82, 2.24) is 5.32 Å². The zero-order valence-corrected chi connectivity index (χ0v) is 17.7. The summed E-state index contributed by atoms with van der Waals surface area (Å²) in [5.74, 6) is -1.51. The van der Waals surface area contributed by atoms with Crippen LogP contribution in [0.25, 0.3) is 0 Å². The minimum atomic E-state index is -0.789. The summed E-state index contributed by atoms with van der Waals surface area (Å²) in [5.41, 5.74) is 3.28. The summed E-state index contributed by atoms with van der Waals surface area (Å²) < 4.78 is 0. The van der Waals surface area contributed by atoms with Gasteiger partial charge in [-0.1, -0.05) is 12.1 Å². The first kappa shape index (κ1) is 22.3. The fraction of sp³-hybridized carbons (Fsp3) is 0.391. The van der Waals surface area contributed by atoms with E-state index in [9.17, 15) is 19.7 Å². The van der Waals surface area contributed by atoms with Crippen molar-refractivity contribution in [1.29, 1.82) is 0 Å². The normalized spacial score (nSPS) is 13.5. The second-order valence-corrected chi connectivity index (χ2v) is 7.78. The fourth-order valence-corrected chi connectivity index (χ4v) is 3.68. The number of benzene rings is 2. The number of rotatable bonds is 7. The number of amides is 2. The van der Waals surface area contributed by atoms with Gasteiger partial charge < -0.3 is 15.5 Å². The van der Waals surface area contributed by atoms with Crippen molar-refractivity contribution in [2.45, 2.75) is 39.0 Å². The van der Waals surface area contributed by atoms with Gasteiger partial charge in [0.1, 0.15) is 0 Å². The average Bonchev–Trinajstić information content (AvgIpc) is 2.78. The minimum absolute atomic E-state index is 0.0658. The average molecular weight is 425 g/mol. The molecule has 0 unspecified atom stereocenters. The van der Waals surface area contributed by atoms with Gasteiger partial charge in [0.15, 0.2) is 0 Å². The van der Waals surface area contributed by atoms with Crippen LogP contribution in [0.3, 0.4) is 0 Å². The van der Waals surface area contributed by atoms with Gasteiger partial charge in [-0.25, -0.2) is 0 Å². The van der Waals surface area contributed by atoms with E-state index in [0.717, 1.165) is 25.9 Å². The number of hydrogen-bond donors (Lipinski definition) is 2. The molecule has 0 bridgehead atoms. The third-order valence-electron chi connectivity index (χ3n) is 5.46. The quantitative estimate of drug-likeness (QED) is 0.306. The van der Waals surface area contributed by atoms with Crippen LogP contribution in [0, 0.1) is 17.0 Å². The smallest absolute Gasteiger partial charge is 0.313 e. The Bertz CT molecular complexity index is 937. The molecule has 1 saturated heterocycles. The zero-order chi connectivity index (χ0) is 22.2. The largest absolute Gasteiger partial charge is 0.372 e. The first-order valence-corrected chi connectivity index (χ1v) is 10.6. The standard InChI is InChI=1S/C23H28N4O4/c1-17-16-20(27(30)31)11-12-21(17)25-23(29)22(28)24-13-5-6-18-7-9-19(10-8-18)26-14-3-2-4-15-26/h7-12,16H,2-6,13-15H2,1H3,(H,24,28)(H,25,29). The van der Waals surface area contributed by atoms with E-state index < -0.39 is 16.7 Å². The molecule has 2 aromatic rings. The number of nitro benzene ring substituents is 1. The van der Waals surface area contributed by atoms with Crippen molar-refractivity contribution >= 4 is 28.9 Å². The van der Waals surface area contributed by atoms with Gasteiger partial charge in [-0.2, -0.15) is 0 Å². The number of non-ortho nitro benzene ring substituents is 1. The Kier molecular flexibility index (Phi) is 7.59. The molecule has 0 spiro atoms.